The topological polar surface area (TPSA) is 9.23 Å². The average Bonchev–Trinajstić information content (AvgIpc) is 2.58. The Kier molecular flexibility index (Phi) is 10.8. The highest BCUT2D eigenvalue weighted by molar-refractivity contribution is 5.23. The van der Waals surface area contributed by atoms with E-state index in [1.165, 1.54) is 19.3 Å². The van der Waals surface area contributed by atoms with Crippen LogP contribution in [0, 0.1) is 23.5 Å². The second-order valence-electron chi connectivity index (χ2n) is 7.69. The molecule has 0 saturated heterocycles. The summed E-state index contributed by atoms with van der Waals surface area (Å²) in [6.07, 6.45) is 5.27. The molecule has 0 aliphatic rings. The number of hydrogen-bond acceptors (Lipinski definition) is 1. The number of benzene rings is 1. The fraction of sp³-hybridized carbons (Fsp3) is 0.727. The zero-order valence-corrected chi connectivity index (χ0v) is 16.9. The lowest BCUT2D eigenvalue weighted by atomic mass is 9.89. The van der Waals surface area contributed by atoms with Crippen molar-refractivity contribution in [2.45, 2.75) is 91.1 Å². The van der Waals surface area contributed by atoms with Crippen LogP contribution < -0.4 is 4.74 Å². The minimum Gasteiger partial charge on any atom is -0.432 e. The summed E-state index contributed by atoms with van der Waals surface area (Å²) in [6, 6.07) is 2.46. The Morgan fingerprint density at radius 2 is 1.56 bits per heavy atom. The lowest BCUT2D eigenvalue weighted by Gasteiger charge is -2.21. The van der Waals surface area contributed by atoms with E-state index in [-0.39, 0.29) is 5.75 Å². The van der Waals surface area contributed by atoms with Crippen LogP contribution in [0.15, 0.2) is 18.2 Å². The Bertz CT molecular complexity index is 533. The molecule has 1 rings (SSSR count). The predicted molar refractivity (Wildman–Crippen MR) is 102 cm³/mol. The molecule has 0 aliphatic carbocycles. The third-order valence-electron chi connectivity index (χ3n) is 5.03. The van der Waals surface area contributed by atoms with Crippen LogP contribution in [0.1, 0.15) is 85.0 Å². The van der Waals surface area contributed by atoms with Gasteiger partial charge in [-0.05, 0) is 30.4 Å². The van der Waals surface area contributed by atoms with Crippen molar-refractivity contribution >= 4 is 0 Å². The number of alkyl halides is 2. The van der Waals surface area contributed by atoms with Crippen molar-refractivity contribution in [2.75, 3.05) is 0 Å². The van der Waals surface area contributed by atoms with Gasteiger partial charge in [-0.3, -0.25) is 0 Å². The van der Waals surface area contributed by atoms with E-state index in [1.54, 1.807) is 0 Å². The van der Waals surface area contributed by atoms with Crippen LogP contribution in [-0.2, 0) is 0 Å². The smallest absolute Gasteiger partial charge is 0.397 e. The SMILES string of the molecule is CCCC(C)CCCC(CCC)CCCC(F)(F)Oc1ccc(F)c(F)c1. The van der Waals surface area contributed by atoms with Gasteiger partial charge >= 0.3 is 6.11 Å². The van der Waals surface area contributed by atoms with Gasteiger partial charge in [-0.1, -0.05) is 72.1 Å². The predicted octanol–water partition coefficient (Wildman–Crippen LogP) is 8.13. The molecule has 0 aliphatic heterocycles. The Labute approximate surface area is 161 Å². The summed E-state index contributed by atoms with van der Waals surface area (Å²) >= 11 is 0. The molecule has 0 saturated carbocycles. The number of ether oxygens (including phenoxy) is 1. The molecular formula is C22H34F4O. The van der Waals surface area contributed by atoms with E-state index >= 15 is 0 Å². The molecule has 27 heavy (non-hydrogen) atoms. The Hall–Kier alpha value is -1.26. The number of halogens is 4. The normalized spacial score (nSPS) is 14.2. The minimum absolute atomic E-state index is 0.353. The summed E-state index contributed by atoms with van der Waals surface area (Å²) < 4.78 is 58.5. The highest BCUT2D eigenvalue weighted by atomic mass is 19.3. The van der Waals surface area contributed by atoms with Crippen molar-refractivity contribution < 1.29 is 22.3 Å². The summed E-state index contributed by atoms with van der Waals surface area (Å²) in [6.45, 7) is 6.58. The van der Waals surface area contributed by atoms with E-state index in [1.807, 2.05) is 0 Å². The fourth-order valence-electron chi connectivity index (χ4n) is 3.59. The first-order chi connectivity index (χ1) is 12.8. The standard InChI is InChI=1S/C22H34F4O/c1-4-8-17(3)10-6-11-18(9-5-2)12-7-15-22(25,26)27-19-13-14-20(23)21(24)16-19/h13-14,16-18H,4-12,15H2,1-3H3. The molecule has 0 bridgehead atoms. The van der Waals surface area contributed by atoms with Gasteiger partial charge < -0.3 is 4.74 Å². The summed E-state index contributed by atoms with van der Waals surface area (Å²) in [5.41, 5.74) is 0. The molecule has 0 fully saturated rings. The van der Waals surface area contributed by atoms with Gasteiger partial charge in [0, 0.05) is 6.07 Å². The molecule has 1 nitrogen and oxygen atoms in total. The lowest BCUT2D eigenvalue weighted by molar-refractivity contribution is -0.181. The third-order valence-corrected chi connectivity index (χ3v) is 5.03. The van der Waals surface area contributed by atoms with Gasteiger partial charge in [0.2, 0.25) is 0 Å². The third kappa shape index (κ3) is 10.0. The monoisotopic (exact) mass is 390 g/mol. The Morgan fingerprint density at radius 3 is 2.19 bits per heavy atom. The number of hydrogen-bond donors (Lipinski definition) is 0. The molecule has 0 N–H and O–H groups in total. The van der Waals surface area contributed by atoms with Crippen LogP contribution in [0.5, 0.6) is 5.75 Å². The van der Waals surface area contributed by atoms with E-state index in [0.29, 0.717) is 18.4 Å². The molecule has 0 amide bonds. The van der Waals surface area contributed by atoms with Crippen molar-refractivity contribution in [2.24, 2.45) is 11.8 Å². The Balaban J connectivity index is 2.40. The number of rotatable bonds is 14. The molecule has 156 valence electrons. The Morgan fingerprint density at radius 1 is 0.889 bits per heavy atom. The van der Waals surface area contributed by atoms with E-state index < -0.39 is 24.2 Å². The van der Waals surface area contributed by atoms with Gasteiger partial charge in [-0.15, -0.1) is 0 Å². The van der Waals surface area contributed by atoms with E-state index in [9.17, 15) is 17.6 Å². The first kappa shape index (κ1) is 23.8. The summed E-state index contributed by atoms with van der Waals surface area (Å²) in [7, 11) is 0. The molecule has 2 unspecified atom stereocenters. The van der Waals surface area contributed by atoms with Crippen molar-refractivity contribution in [3.05, 3.63) is 29.8 Å². The van der Waals surface area contributed by atoms with Gasteiger partial charge in [0.05, 0.1) is 6.42 Å². The fourth-order valence-corrected chi connectivity index (χ4v) is 3.59. The lowest BCUT2D eigenvalue weighted by Crippen LogP contribution is -2.25. The molecule has 0 heterocycles. The second-order valence-corrected chi connectivity index (χ2v) is 7.69. The van der Waals surface area contributed by atoms with Crippen LogP contribution in [0.25, 0.3) is 0 Å². The van der Waals surface area contributed by atoms with Crippen molar-refractivity contribution in [1.82, 2.24) is 0 Å². The van der Waals surface area contributed by atoms with Crippen molar-refractivity contribution in [3.8, 4) is 5.75 Å². The maximum absolute atomic E-state index is 14.0. The van der Waals surface area contributed by atoms with Gasteiger partial charge in [-0.25, -0.2) is 8.78 Å². The summed E-state index contributed by atoms with van der Waals surface area (Å²) in [5, 5.41) is 0. The molecule has 1 aromatic rings. The van der Waals surface area contributed by atoms with E-state index in [4.69, 9.17) is 0 Å². The van der Waals surface area contributed by atoms with Gasteiger partial charge in [0.15, 0.2) is 11.6 Å². The maximum atomic E-state index is 14.0. The molecule has 0 aromatic heterocycles. The first-order valence-corrected chi connectivity index (χ1v) is 10.3. The van der Waals surface area contributed by atoms with Crippen LogP contribution in [0.2, 0.25) is 0 Å². The van der Waals surface area contributed by atoms with Crippen molar-refractivity contribution in [1.29, 1.82) is 0 Å². The minimum atomic E-state index is -3.38. The largest absolute Gasteiger partial charge is 0.432 e. The zero-order chi connectivity index (χ0) is 20.3. The quantitative estimate of drug-likeness (QED) is 0.291. The molecule has 5 heteroatoms. The van der Waals surface area contributed by atoms with Crippen LogP contribution in [0.4, 0.5) is 17.6 Å². The van der Waals surface area contributed by atoms with E-state index in [0.717, 1.165) is 50.2 Å². The molecular weight excluding hydrogens is 356 g/mol. The summed E-state index contributed by atoms with van der Waals surface area (Å²) in [5.74, 6) is -1.44. The first-order valence-electron chi connectivity index (χ1n) is 10.3. The highest BCUT2D eigenvalue weighted by Crippen LogP contribution is 2.30. The van der Waals surface area contributed by atoms with Crippen molar-refractivity contribution in [3.63, 3.8) is 0 Å². The molecule has 2 atom stereocenters. The second kappa shape index (κ2) is 12.2. The van der Waals surface area contributed by atoms with Gasteiger partial charge in [0.25, 0.3) is 0 Å². The van der Waals surface area contributed by atoms with Gasteiger partial charge in [0.1, 0.15) is 5.75 Å². The molecule has 0 spiro atoms. The van der Waals surface area contributed by atoms with Gasteiger partial charge in [-0.2, -0.15) is 8.78 Å². The van der Waals surface area contributed by atoms with Crippen LogP contribution in [0.3, 0.4) is 0 Å². The zero-order valence-electron chi connectivity index (χ0n) is 16.9. The van der Waals surface area contributed by atoms with Crippen LogP contribution in [-0.4, -0.2) is 6.11 Å². The average molecular weight is 391 g/mol. The van der Waals surface area contributed by atoms with E-state index in [2.05, 4.69) is 25.5 Å². The highest BCUT2D eigenvalue weighted by Gasteiger charge is 2.31. The summed E-state index contributed by atoms with van der Waals surface area (Å²) in [4.78, 5) is 0. The molecule has 0 radical (unpaired) electrons. The van der Waals surface area contributed by atoms with Crippen LogP contribution >= 0.6 is 0 Å². The maximum Gasteiger partial charge on any atom is 0.397 e. The molecule has 1 aromatic carbocycles.